The van der Waals surface area contributed by atoms with Crippen LogP contribution in [0.4, 0.5) is 11.5 Å². The smallest absolute Gasteiger partial charge is 0.330 e. The average molecular weight is 476 g/mol. The van der Waals surface area contributed by atoms with Gasteiger partial charge in [0.2, 0.25) is 5.91 Å². The van der Waals surface area contributed by atoms with Crippen molar-refractivity contribution in [2.45, 2.75) is 24.2 Å². The van der Waals surface area contributed by atoms with Crippen LogP contribution in [-0.2, 0) is 16.1 Å². The first-order valence-electron chi connectivity index (χ1n) is 9.91. The van der Waals surface area contributed by atoms with Crippen LogP contribution in [0.2, 0.25) is 0 Å². The first-order valence-corrected chi connectivity index (χ1v) is 11.8. The number of hydrogen-bond acceptors (Lipinski definition) is 8. The second-order valence-corrected chi connectivity index (χ2v) is 9.08. The van der Waals surface area contributed by atoms with Crippen LogP contribution < -0.4 is 21.9 Å². The zero-order valence-electron chi connectivity index (χ0n) is 17.9. The number of amides is 1. The monoisotopic (exact) mass is 475 g/mol. The van der Waals surface area contributed by atoms with E-state index in [2.05, 4.69) is 9.97 Å². The summed E-state index contributed by atoms with van der Waals surface area (Å²) < 4.78 is 7.13. The molecular formula is C21H25N5O4S2. The van der Waals surface area contributed by atoms with Gasteiger partial charge < -0.3 is 15.4 Å². The second kappa shape index (κ2) is 11.1. The number of hydrogen-bond donors (Lipinski definition) is 2. The molecule has 1 aromatic carbocycles. The summed E-state index contributed by atoms with van der Waals surface area (Å²) >= 11 is 2.75. The fraction of sp³-hybridized carbons (Fsp3) is 0.333. The van der Waals surface area contributed by atoms with Gasteiger partial charge in [-0.3, -0.25) is 19.1 Å². The molecule has 32 heavy (non-hydrogen) atoms. The molecule has 0 aliphatic rings. The van der Waals surface area contributed by atoms with E-state index in [1.54, 1.807) is 7.11 Å². The molecule has 3 rings (SSSR count). The Morgan fingerprint density at radius 2 is 2.06 bits per heavy atom. The first-order chi connectivity index (χ1) is 15.4. The van der Waals surface area contributed by atoms with Gasteiger partial charge in [-0.2, -0.15) is 0 Å². The van der Waals surface area contributed by atoms with Gasteiger partial charge in [-0.05, 0) is 18.9 Å². The number of aromatic amines is 1. The van der Waals surface area contributed by atoms with E-state index in [4.69, 9.17) is 10.5 Å². The van der Waals surface area contributed by atoms with E-state index in [9.17, 15) is 14.4 Å². The Hall–Kier alpha value is -2.89. The highest BCUT2D eigenvalue weighted by molar-refractivity contribution is 8.01. The lowest BCUT2D eigenvalue weighted by Gasteiger charge is -2.24. The number of thiazole rings is 1. The van der Waals surface area contributed by atoms with Crippen molar-refractivity contribution in [3.05, 3.63) is 67.8 Å². The molecule has 11 heteroatoms. The number of benzene rings is 1. The van der Waals surface area contributed by atoms with Gasteiger partial charge in [0, 0.05) is 31.3 Å². The third-order valence-corrected chi connectivity index (χ3v) is 6.74. The van der Waals surface area contributed by atoms with Gasteiger partial charge in [0.05, 0.1) is 12.3 Å². The van der Waals surface area contributed by atoms with Crippen LogP contribution in [0.25, 0.3) is 0 Å². The molecule has 2 heterocycles. The Morgan fingerprint density at radius 1 is 1.31 bits per heavy atom. The molecule has 2 aromatic heterocycles. The summed E-state index contributed by atoms with van der Waals surface area (Å²) in [6.07, 6.45) is 0.500. The molecule has 0 fully saturated rings. The summed E-state index contributed by atoms with van der Waals surface area (Å²) in [6, 6.07) is 9.27. The average Bonchev–Trinajstić information content (AvgIpc) is 3.19. The largest absolute Gasteiger partial charge is 0.385 e. The maximum atomic E-state index is 13.1. The number of H-pyrrole nitrogens is 1. The molecule has 0 saturated heterocycles. The van der Waals surface area contributed by atoms with Crippen LogP contribution in [-0.4, -0.2) is 46.5 Å². The van der Waals surface area contributed by atoms with Gasteiger partial charge in [-0.15, -0.1) is 11.3 Å². The molecule has 0 spiro atoms. The molecule has 0 radical (unpaired) electrons. The Kier molecular flexibility index (Phi) is 8.26. The summed E-state index contributed by atoms with van der Waals surface area (Å²) in [7, 11) is 1.56. The molecule has 0 bridgehead atoms. The number of carbonyl (C=O) groups is 1. The van der Waals surface area contributed by atoms with Gasteiger partial charge in [-0.25, -0.2) is 9.78 Å². The number of aryl methyl sites for hydroxylation is 1. The standard InChI is InChI=1S/C21H25N5O4S2/c1-14-12-31-21(23-14)32-13-16(27)25(9-6-10-30-2)17-18(22)26(20(29)24-19(17)28)11-15-7-4-3-5-8-15/h3-5,7-8,12H,6,9-11,13,22H2,1-2H3,(H,24,28,29). The van der Waals surface area contributed by atoms with Gasteiger partial charge in [0.25, 0.3) is 5.56 Å². The maximum Gasteiger partial charge on any atom is 0.330 e. The fourth-order valence-electron chi connectivity index (χ4n) is 3.09. The third-order valence-electron chi connectivity index (χ3n) is 4.62. The predicted molar refractivity (Wildman–Crippen MR) is 128 cm³/mol. The van der Waals surface area contributed by atoms with Crippen LogP contribution in [0, 0.1) is 6.92 Å². The molecule has 0 unspecified atom stereocenters. The SMILES string of the molecule is COCCCN(C(=O)CSc1nc(C)cs1)c1c(N)n(Cc2ccccc2)c(=O)[nH]c1=O. The quantitative estimate of drug-likeness (QED) is 0.340. The summed E-state index contributed by atoms with van der Waals surface area (Å²) in [6.45, 7) is 2.68. The molecule has 0 atom stereocenters. The topological polar surface area (TPSA) is 123 Å². The van der Waals surface area contributed by atoms with Crippen molar-refractivity contribution in [1.82, 2.24) is 14.5 Å². The number of thioether (sulfide) groups is 1. The van der Waals surface area contributed by atoms with Crippen LogP contribution in [0.3, 0.4) is 0 Å². The van der Waals surface area contributed by atoms with Crippen LogP contribution in [0.15, 0.2) is 49.6 Å². The van der Waals surface area contributed by atoms with E-state index >= 15 is 0 Å². The minimum Gasteiger partial charge on any atom is -0.385 e. The molecule has 9 nitrogen and oxygen atoms in total. The lowest BCUT2D eigenvalue weighted by molar-refractivity contribution is -0.116. The number of nitrogens with two attached hydrogens (primary N) is 1. The van der Waals surface area contributed by atoms with Crippen molar-refractivity contribution in [2.75, 3.05) is 36.6 Å². The van der Waals surface area contributed by atoms with Crippen molar-refractivity contribution in [1.29, 1.82) is 0 Å². The normalized spacial score (nSPS) is 10.9. The van der Waals surface area contributed by atoms with Crippen molar-refractivity contribution in [2.24, 2.45) is 0 Å². The number of aromatic nitrogens is 3. The van der Waals surface area contributed by atoms with Crippen LogP contribution >= 0.6 is 23.1 Å². The van der Waals surface area contributed by atoms with Crippen LogP contribution in [0.5, 0.6) is 0 Å². The molecule has 0 aliphatic carbocycles. The Balaban J connectivity index is 1.93. The summed E-state index contributed by atoms with van der Waals surface area (Å²) in [5.74, 6) is -0.277. The van der Waals surface area contributed by atoms with E-state index in [-0.39, 0.29) is 36.3 Å². The lowest BCUT2D eigenvalue weighted by atomic mass is 10.2. The lowest BCUT2D eigenvalue weighted by Crippen LogP contribution is -2.42. The van der Waals surface area contributed by atoms with E-state index in [0.29, 0.717) is 13.0 Å². The number of nitrogen functional groups attached to an aromatic ring is 1. The molecule has 0 saturated carbocycles. The summed E-state index contributed by atoms with van der Waals surface area (Å²) in [5, 5.41) is 1.91. The van der Waals surface area contributed by atoms with E-state index in [1.807, 2.05) is 42.6 Å². The number of carbonyl (C=O) groups excluding carboxylic acids is 1. The van der Waals surface area contributed by atoms with E-state index in [0.717, 1.165) is 15.6 Å². The Labute approximate surface area is 193 Å². The second-order valence-electron chi connectivity index (χ2n) is 7.00. The molecular weight excluding hydrogens is 450 g/mol. The minimum atomic E-state index is -0.697. The number of nitrogens with zero attached hydrogens (tertiary/aromatic N) is 3. The number of methoxy groups -OCH3 is 1. The van der Waals surface area contributed by atoms with Gasteiger partial charge in [-0.1, -0.05) is 42.1 Å². The number of nitrogens with one attached hydrogen (secondary N) is 1. The molecule has 1 amide bonds. The van der Waals surface area contributed by atoms with Gasteiger partial charge in [0.15, 0.2) is 10.0 Å². The highest BCUT2D eigenvalue weighted by Crippen LogP contribution is 2.25. The van der Waals surface area contributed by atoms with E-state index < -0.39 is 11.2 Å². The zero-order valence-corrected chi connectivity index (χ0v) is 19.5. The van der Waals surface area contributed by atoms with E-state index in [1.165, 1.54) is 32.6 Å². The Bertz CT molecular complexity index is 1170. The zero-order chi connectivity index (χ0) is 23.1. The molecule has 170 valence electrons. The number of rotatable bonds is 10. The first kappa shape index (κ1) is 23.8. The predicted octanol–water partition coefficient (Wildman–Crippen LogP) is 2.09. The minimum absolute atomic E-state index is 0.0300. The highest BCUT2D eigenvalue weighted by Gasteiger charge is 2.24. The van der Waals surface area contributed by atoms with Crippen molar-refractivity contribution in [3.8, 4) is 0 Å². The molecule has 3 aromatic rings. The third kappa shape index (κ3) is 5.87. The number of ether oxygens (including phenoxy) is 1. The maximum absolute atomic E-state index is 13.1. The molecule has 3 N–H and O–H groups in total. The number of anilines is 2. The summed E-state index contributed by atoms with van der Waals surface area (Å²) in [4.78, 5) is 46.3. The van der Waals surface area contributed by atoms with Crippen molar-refractivity contribution >= 4 is 40.5 Å². The summed E-state index contributed by atoms with van der Waals surface area (Å²) in [5.41, 5.74) is 6.66. The van der Waals surface area contributed by atoms with Crippen LogP contribution in [0.1, 0.15) is 17.7 Å². The van der Waals surface area contributed by atoms with Crippen molar-refractivity contribution in [3.63, 3.8) is 0 Å². The van der Waals surface area contributed by atoms with Gasteiger partial charge in [0.1, 0.15) is 5.82 Å². The van der Waals surface area contributed by atoms with Crippen molar-refractivity contribution < 1.29 is 9.53 Å². The fourth-order valence-corrected chi connectivity index (χ4v) is 4.81. The van der Waals surface area contributed by atoms with Gasteiger partial charge >= 0.3 is 5.69 Å². The molecule has 0 aliphatic heterocycles. The Morgan fingerprint density at radius 3 is 2.72 bits per heavy atom. The highest BCUT2D eigenvalue weighted by atomic mass is 32.2.